The molecule has 18 heavy (non-hydrogen) atoms. The molecule has 1 aromatic heterocycles. The van der Waals surface area contributed by atoms with Crippen LogP contribution < -0.4 is 11.5 Å². The molecule has 0 aliphatic heterocycles. The third kappa shape index (κ3) is 2.24. The van der Waals surface area contributed by atoms with Gasteiger partial charge in [-0.05, 0) is 17.7 Å². The predicted octanol–water partition coefficient (Wildman–Crippen LogP) is 1.30. The van der Waals surface area contributed by atoms with Crippen LogP contribution in [0.25, 0.3) is 11.8 Å². The second-order valence-electron chi connectivity index (χ2n) is 3.70. The van der Waals surface area contributed by atoms with Crippen LogP contribution in [0.3, 0.4) is 0 Å². The van der Waals surface area contributed by atoms with Crippen molar-refractivity contribution in [3.05, 3.63) is 47.7 Å². The Balaban J connectivity index is 2.32. The molecule has 0 amide bonds. The smallest absolute Gasteiger partial charge is 0.145 e. The van der Waals surface area contributed by atoms with Gasteiger partial charge >= 0.3 is 0 Å². The zero-order valence-electron chi connectivity index (χ0n) is 9.74. The number of nitrogen functional groups attached to an aromatic ring is 1. The van der Waals surface area contributed by atoms with Crippen LogP contribution in [-0.4, -0.2) is 16.3 Å². The average molecular weight is 239 g/mol. The van der Waals surface area contributed by atoms with Crippen molar-refractivity contribution in [2.75, 3.05) is 12.3 Å². The number of hydrogen-bond donors (Lipinski definition) is 2. The van der Waals surface area contributed by atoms with Crippen LogP contribution in [0.4, 0.5) is 5.82 Å². The van der Waals surface area contributed by atoms with Gasteiger partial charge in [-0.1, -0.05) is 24.3 Å². The molecular formula is C13H13N5. The molecule has 0 unspecified atom stereocenters. The van der Waals surface area contributed by atoms with Gasteiger partial charge in [0.1, 0.15) is 17.5 Å². The van der Waals surface area contributed by atoms with E-state index in [0.717, 1.165) is 11.3 Å². The summed E-state index contributed by atoms with van der Waals surface area (Å²) in [6.07, 6.45) is 5.28. The highest BCUT2D eigenvalue weighted by atomic mass is 15.3. The highest BCUT2D eigenvalue weighted by Gasteiger charge is 2.07. The number of nitrogens with zero attached hydrogens (tertiary/aromatic N) is 3. The van der Waals surface area contributed by atoms with E-state index in [1.54, 1.807) is 0 Å². The normalized spacial score (nSPS) is 10.7. The van der Waals surface area contributed by atoms with Gasteiger partial charge in [0, 0.05) is 6.54 Å². The monoisotopic (exact) mass is 239 g/mol. The van der Waals surface area contributed by atoms with E-state index in [2.05, 4.69) is 5.10 Å². The Bertz CT molecular complexity index is 601. The molecule has 0 aliphatic carbocycles. The number of rotatable bonds is 3. The van der Waals surface area contributed by atoms with Crippen molar-refractivity contribution >= 4 is 11.9 Å². The quantitative estimate of drug-likeness (QED) is 0.844. The van der Waals surface area contributed by atoms with Gasteiger partial charge in [-0.15, -0.1) is 0 Å². The molecule has 1 heterocycles. The van der Waals surface area contributed by atoms with Crippen molar-refractivity contribution in [1.29, 1.82) is 5.26 Å². The first kappa shape index (κ1) is 11.9. The lowest BCUT2D eigenvalue weighted by molar-refractivity contribution is 0.891. The Morgan fingerprint density at radius 3 is 2.61 bits per heavy atom. The molecule has 5 heteroatoms. The van der Waals surface area contributed by atoms with E-state index in [-0.39, 0.29) is 0 Å². The first-order valence-electron chi connectivity index (χ1n) is 5.47. The SMILES string of the molecule is N#Cc1cnn(-c2ccc(C=CCN)cc2)c1N. The summed E-state index contributed by atoms with van der Waals surface area (Å²) in [6, 6.07) is 9.65. The molecule has 0 saturated heterocycles. The molecule has 0 spiro atoms. The van der Waals surface area contributed by atoms with Gasteiger partial charge in [0.2, 0.25) is 0 Å². The summed E-state index contributed by atoms with van der Waals surface area (Å²) in [4.78, 5) is 0. The second-order valence-corrected chi connectivity index (χ2v) is 3.70. The number of nitrogens with two attached hydrogens (primary N) is 2. The van der Waals surface area contributed by atoms with E-state index in [4.69, 9.17) is 16.7 Å². The molecule has 0 aliphatic rings. The zero-order chi connectivity index (χ0) is 13.0. The minimum atomic E-state index is 0.350. The standard InChI is InChI=1S/C13H13N5/c14-7-1-2-10-3-5-12(6-4-10)18-13(16)11(8-15)9-17-18/h1-6,9H,7,14,16H2. The molecular weight excluding hydrogens is 226 g/mol. The van der Waals surface area contributed by atoms with Gasteiger partial charge in [0.25, 0.3) is 0 Å². The summed E-state index contributed by atoms with van der Waals surface area (Å²) in [5.74, 6) is 0.350. The molecule has 1 aromatic carbocycles. The highest BCUT2D eigenvalue weighted by molar-refractivity contribution is 5.55. The van der Waals surface area contributed by atoms with Crippen molar-refractivity contribution in [2.24, 2.45) is 5.73 Å². The Kier molecular flexibility index (Phi) is 3.41. The van der Waals surface area contributed by atoms with Gasteiger partial charge < -0.3 is 11.5 Å². The summed E-state index contributed by atoms with van der Waals surface area (Å²) < 4.78 is 1.54. The van der Waals surface area contributed by atoms with E-state index in [9.17, 15) is 0 Å². The molecule has 4 N–H and O–H groups in total. The molecule has 0 radical (unpaired) electrons. The average Bonchev–Trinajstić information content (AvgIpc) is 2.78. The maximum absolute atomic E-state index is 8.82. The fourth-order valence-electron chi connectivity index (χ4n) is 1.58. The van der Waals surface area contributed by atoms with Crippen molar-refractivity contribution in [3.8, 4) is 11.8 Å². The summed E-state index contributed by atoms with van der Waals surface area (Å²) in [5.41, 5.74) is 13.4. The highest BCUT2D eigenvalue weighted by Crippen LogP contribution is 2.17. The number of benzene rings is 1. The van der Waals surface area contributed by atoms with Crippen LogP contribution in [0.5, 0.6) is 0 Å². The van der Waals surface area contributed by atoms with E-state index in [1.165, 1.54) is 10.9 Å². The Hall–Kier alpha value is -2.58. The van der Waals surface area contributed by atoms with Gasteiger partial charge in [-0.3, -0.25) is 0 Å². The number of hydrogen-bond acceptors (Lipinski definition) is 4. The van der Waals surface area contributed by atoms with Crippen LogP contribution in [0.15, 0.2) is 36.5 Å². The van der Waals surface area contributed by atoms with Crippen molar-refractivity contribution < 1.29 is 0 Å². The van der Waals surface area contributed by atoms with Crippen molar-refractivity contribution in [1.82, 2.24) is 9.78 Å². The minimum Gasteiger partial charge on any atom is -0.382 e. The summed E-state index contributed by atoms with van der Waals surface area (Å²) in [5, 5.41) is 12.9. The van der Waals surface area contributed by atoms with Crippen LogP contribution >= 0.6 is 0 Å². The predicted molar refractivity (Wildman–Crippen MR) is 70.8 cm³/mol. The lowest BCUT2D eigenvalue weighted by Crippen LogP contribution is -2.02. The van der Waals surface area contributed by atoms with Gasteiger partial charge in [-0.2, -0.15) is 10.4 Å². The molecule has 0 bridgehead atoms. The maximum atomic E-state index is 8.82. The third-order valence-corrected chi connectivity index (χ3v) is 2.51. The van der Waals surface area contributed by atoms with E-state index in [0.29, 0.717) is 17.9 Å². The summed E-state index contributed by atoms with van der Waals surface area (Å²) in [6.45, 7) is 0.513. The lowest BCUT2D eigenvalue weighted by Gasteiger charge is -2.04. The van der Waals surface area contributed by atoms with Gasteiger partial charge in [-0.25, -0.2) is 4.68 Å². The van der Waals surface area contributed by atoms with E-state index in [1.807, 2.05) is 42.5 Å². The van der Waals surface area contributed by atoms with Crippen LogP contribution in [0, 0.1) is 11.3 Å². The van der Waals surface area contributed by atoms with E-state index >= 15 is 0 Å². The summed E-state index contributed by atoms with van der Waals surface area (Å²) >= 11 is 0. The molecule has 2 rings (SSSR count). The van der Waals surface area contributed by atoms with Gasteiger partial charge in [0.15, 0.2) is 0 Å². The molecule has 2 aromatic rings. The lowest BCUT2D eigenvalue weighted by atomic mass is 10.2. The Morgan fingerprint density at radius 1 is 1.33 bits per heavy atom. The zero-order valence-corrected chi connectivity index (χ0v) is 9.74. The Morgan fingerprint density at radius 2 is 2.06 bits per heavy atom. The van der Waals surface area contributed by atoms with Crippen LogP contribution in [0.1, 0.15) is 11.1 Å². The van der Waals surface area contributed by atoms with Gasteiger partial charge in [0.05, 0.1) is 11.9 Å². The fourth-order valence-corrected chi connectivity index (χ4v) is 1.58. The minimum absolute atomic E-state index is 0.350. The van der Waals surface area contributed by atoms with E-state index < -0.39 is 0 Å². The molecule has 5 nitrogen and oxygen atoms in total. The largest absolute Gasteiger partial charge is 0.382 e. The fraction of sp³-hybridized carbons (Fsp3) is 0.0769. The van der Waals surface area contributed by atoms with Crippen molar-refractivity contribution in [2.45, 2.75) is 0 Å². The first-order chi connectivity index (χ1) is 8.76. The molecule has 0 atom stereocenters. The van der Waals surface area contributed by atoms with Crippen LogP contribution in [0.2, 0.25) is 0 Å². The van der Waals surface area contributed by atoms with Crippen molar-refractivity contribution in [3.63, 3.8) is 0 Å². The van der Waals surface area contributed by atoms with Crippen LogP contribution in [-0.2, 0) is 0 Å². The molecule has 90 valence electrons. The number of anilines is 1. The third-order valence-electron chi connectivity index (χ3n) is 2.51. The summed E-state index contributed by atoms with van der Waals surface area (Å²) in [7, 11) is 0. The second kappa shape index (κ2) is 5.17. The number of aromatic nitrogens is 2. The molecule has 0 saturated carbocycles. The number of nitriles is 1. The first-order valence-corrected chi connectivity index (χ1v) is 5.47. The molecule has 0 fully saturated rings. The Labute approximate surface area is 105 Å². The topological polar surface area (TPSA) is 93.6 Å². The maximum Gasteiger partial charge on any atom is 0.145 e.